The molecule has 6 heteroatoms. The van der Waals surface area contributed by atoms with E-state index >= 15 is 0 Å². The Kier molecular flexibility index (Phi) is 2.87. The van der Waals surface area contributed by atoms with Gasteiger partial charge in [0.2, 0.25) is 5.95 Å². The van der Waals surface area contributed by atoms with Crippen molar-refractivity contribution in [2.75, 3.05) is 5.32 Å². The largest absolute Gasteiger partial charge is 0.508 e. The molecule has 0 radical (unpaired) electrons. The molecular formula is C11H9N3O3. The monoisotopic (exact) mass is 231 g/mol. The summed E-state index contributed by atoms with van der Waals surface area (Å²) in [6.45, 7) is 0. The second kappa shape index (κ2) is 4.48. The van der Waals surface area contributed by atoms with Gasteiger partial charge in [-0.25, -0.2) is 9.97 Å². The molecule has 1 aromatic heterocycles. The number of aromatic hydroxyl groups is 2. The van der Waals surface area contributed by atoms with E-state index in [9.17, 15) is 9.90 Å². The standard InChI is InChI=1S/C11H9N3O3/c15-7-2-3-8(9(16)6-7)10(17)14-11-12-4-1-5-13-11/h1-6,15-16H,(H,12,13,14,17). The summed E-state index contributed by atoms with van der Waals surface area (Å²) < 4.78 is 0. The minimum absolute atomic E-state index is 0.0373. The number of hydrogen-bond acceptors (Lipinski definition) is 5. The summed E-state index contributed by atoms with van der Waals surface area (Å²) in [6.07, 6.45) is 2.97. The van der Waals surface area contributed by atoms with E-state index < -0.39 is 5.91 Å². The quantitative estimate of drug-likeness (QED) is 0.720. The number of rotatable bonds is 2. The molecule has 0 saturated heterocycles. The molecule has 86 valence electrons. The van der Waals surface area contributed by atoms with Gasteiger partial charge >= 0.3 is 0 Å². The predicted molar refractivity (Wildman–Crippen MR) is 59.8 cm³/mol. The molecule has 0 aliphatic rings. The Morgan fingerprint density at radius 2 is 1.88 bits per heavy atom. The molecule has 3 N–H and O–H groups in total. The van der Waals surface area contributed by atoms with E-state index in [0.717, 1.165) is 6.07 Å². The highest BCUT2D eigenvalue weighted by atomic mass is 16.3. The fourth-order valence-corrected chi connectivity index (χ4v) is 1.24. The summed E-state index contributed by atoms with van der Waals surface area (Å²) in [5.41, 5.74) is 0.0373. The Morgan fingerprint density at radius 3 is 2.53 bits per heavy atom. The van der Waals surface area contributed by atoms with Gasteiger partial charge in [0.25, 0.3) is 5.91 Å². The van der Waals surface area contributed by atoms with Crippen LogP contribution < -0.4 is 5.32 Å². The second-order valence-electron chi connectivity index (χ2n) is 3.23. The molecule has 1 amide bonds. The van der Waals surface area contributed by atoms with E-state index in [1.165, 1.54) is 24.5 Å². The second-order valence-corrected chi connectivity index (χ2v) is 3.23. The Morgan fingerprint density at radius 1 is 1.18 bits per heavy atom. The minimum Gasteiger partial charge on any atom is -0.508 e. The summed E-state index contributed by atoms with van der Waals surface area (Å²) in [6, 6.07) is 5.32. The topological polar surface area (TPSA) is 95.3 Å². The lowest BCUT2D eigenvalue weighted by Gasteiger charge is -2.05. The van der Waals surface area contributed by atoms with Gasteiger partial charge in [-0.3, -0.25) is 10.1 Å². The SMILES string of the molecule is O=C(Nc1ncccn1)c1ccc(O)cc1O. The molecule has 0 aliphatic heterocycles. The average molecular weight is 231 g/mol. The third-order valence-electron chi connectivity index (χ3n) is 2.02. The first-order valence-corrected chi connectivity index (χ1v) is 4.77. The number of carbonyl (C=O) groups excluding carboxylic acids is 1. The first-order valence-electron chi connectivity index (χ1n) is 4.77. The lowest BCUT2D eigenvalue weighted by atomic mass is 10.2. The van der Waals surface area contributed by atoms with Gasteiger partial charge in [-0.15, -0.1) is 0 Å². The van der Waals surface area contributed by atoms with E-state index in [1.807, 2.05) is 0 Å². The van der Waals surface area contributed by atoms with Gasteiger partial charge in [0.05, 0.1) is 5.56 Å². The summed E-state index contributed by atoms with van der Waals surface area (Å²) in [7, 11) is 0. The van der Waals surface area contributed by atoms with Crippen molar-refractivity contribution < 1.29 is 15.0 Å². The Bertz CT molecular complexity index is 543. The molecule has 0 fully saturated rings. The molecule has 2 aromatic rings. The summed E-state index contributed by atoms with van der Waals surface area (Å²) in [5.74, 6) is -0.827. The smallest absolute Gasteiger partial charge is 0.261 e. The zero-order valence-corrected chi connectivity index (χ0v) is 8.66. The van der Waals surface area contributed by atoms with E-state index in [2.05, 4.69) is 15.3 Å². The maximum Gasteiger partial charge on any atom is 0.261 e. The normalized spacial score (nSPS) is 9.88. The summed E-state index contributed by atoms with van der Waals surface area (Å²) in [5, 5.41) is 21.0. The van der Waals surface area contributed by atoms with Crippen LogP contribution in [0.3, 0.4) is 0 Å². The molecule has 0 saturated carbocycles. The number of nitrogens with one attached hydrogen (secondary N) is 1. The number of anilines is 1. The number of nitrogens with zero attached hydrogens (tertiary/aromatic N) is 2. The predicted octanol–water partition coefficient (Wildman–Crippen LogP) is 1.14. The number of carbonyl (C=O) groups is 1. The fourth-order valence-electron chi connectivity index (χ4n) is 1.24. The van der Waals surface area contributed by atoms with E-state index in [1.54, 1.807) is 6.07 Å². The molecule has 0 atom stereocenters. The maximum atomic E-state index is 11.7. The van der Waals surface area contributed by atoms with Crippen molar-refractivity contribution in [3.8, 4) is 11.5 Å². The van der Waals surface area contributed by atoms with Crippen LogP contribution in [-0.4, -0.2) is 26.1 Å². The van der Waals surface area contributed by atoms with Crippen molar-refractivity contribution in [3.63, 3.8) is 0 Å². The van der Waals surface area contributed by atoms with E-state index in [-0.39, 0.29) is 23.0 Å². The third-order valence-corrected chi connectivity index (χ3v) is 2.02. The number of hydrogen-bond donors (Lipinski definition) is 3. The first-order chi connectivity index (χ1) is 8.16. The van der Waals surface area contributed by atoms with Gasteiger partial charge < -0.3 is 10.2 Å². The van der Waals surface area contributed by atoms with E-state index in [0.29, 0.717) is 0 Å². The van der Waals surface area contributed by atoms with Crippen LogP contribution in [0, 0.1) is 0 Å². The highest BCUT2D eigenvalue weighted by Crippen LogP contribution is 2.22. The van der Waals surface area contributed by atoms with Crippen LogP contribution in [0.5, 0.6) is 11.5 Å². The maximum absolute atomic E-state index is 11.7. The van der Waals surface area contributed by atoms with Gasteiger partial charge in [-0.2, -0.15) is 0 Å². The van der Waals surface area contributed by atoms with Crippen LogP contribution >= 0.6 is 0 Å². The van der Waals surface area contributed by atoms with Gasteiger partial charge in [0.1, 0.15) is 11.5 Å². The van der Waals surface area contributed by atoms with Crippen LogP contribution in [-0.2, 0) is 0 Å². The van der Waals surface area contributed by atoms with Gasteiger partial charge in [0.15, 0.2) is 0 Å². The molecular weight excluding hydrogens is 222 g/mol. The van der Waals surface area contributed by atoms with E-state index in [4.69, 9.17) is 5.11 Å². The number of aromatic nitrogens is 2. The van der Waals surface area contributed by atoms with Gasteiger partial charge in [0, 0.05) is 18.5 Å². The van der Waals surface area contributed by atoms with Gasteiger partial charge in [-0.1, -0.05) is 0 Å². The van der Waals surface area contributed by atoms with Gasteiger partial charge in [-0.05, 0) is 18.2 Å². The van der Waals surface area contributed by atoms with Crippen LogP contribution in [0.4, 0.5) is 5.95 Å². The highest BCUT2D eigenvalue weighted by molar-refractivity contribution is 6.05. The van der Waals surface area contributed by atoms with Crippen molar-refractivity contribution in [1.82, 2.24) is 9.97 Å². The number of phenols is 2. The molecule has 1 heterocycles. The molecule has 1 aromatic carbocycles. The summed E-state index contributed by atoms with van der Waals surface area (Å²) >= 11 is 0. The molecule has 0 spiro atoms. The fraction of sp³-hybridized carbons (Fsp3) is 0. The number of benzene rings is 1. The lowest BCUT2D eigenvalue weighted by molar-refractivity contribution is 0.102. The average Bonchev–Trinajstić information content (AvgIpc) is 2.30. The molecule has 17 heavy (non-hydrogen) atoms. The van der Waals surface area contributed by atoms with Crippen molar-refractivity contribution in [1.29, 1.82) is 0 Å². The molecule has 0 unspecified atom stereocenters. The zero-order chi connectivity index (χ0) is 12.3. The molecule has 2 rings (SSSR count). The zero-order valence-electron chi connectivity index (χ0n) is 8.66. The number of phenolic OH excluding ortho intramolecular Hbond substituents is 2. The first kappa shape index (κ1) is 10.9. The lowest BCUT2D eigenvalue weighted by Crippen LogP contribution is -2.13. The van der Waals surface area contributed by atoms with Crippen LogP contribution in [0.15, 0.2) is 36.7 Å². The van der Waals surface area contributed by atoms with Crippen molar-refractivity contribution >= 4 is 11.9 Å². The Balaban J connectivity index is 2.21. The highest BCUT2D eigenvalue weighted by Gasteiger charge is 2.12. The molecule has 0 aliphatic carbocycles. The van der Waals surface area contributed by atoms with Crippen molar-refractivity contribution in [2.24, 2.45) is 0 Å². The number of amides is 1. The van der Waals surface area contributed by atoms with Crippen molar-refractivity contribution in [3.05, 3.63) is 42.2 Å². The molecule has 6 nitrogen and oxygen atoms in total. The molecule has 0 bridgehead atoms. The van der Waals surface area contributed by atoms with Crippen LogP contribution in [0.2, 0.25) is 0 Å². The van der Waals surface area contributed by atoms with Crippen molar-refractivity contribution in [2.45, 2.75) is 0 Å². The minimum atomic E-state index is -0.547. The Hall–Kier alpha value is -2.63. The summed E-state index contributed by atoms with van der Waals surface area (Å²) in [4.78, 5) is 19.3. The third kappa shape index (κ3) is 2.49. The Labute approximate surface area is 96.6 Å². The van der Waals surface area contributed by atoms with Crippen LogP contribution in [0.1, 0.15) is 10.4 Å². The van der Waals surface area contributed by atoms with Crippen LogP contribution in [0.25, 0.3) is 0 Å².